The molecule has 1 aliphatic heterocycles. The van der Waals surface area contributed by atoms with Gasteiger partial charge in [-0.25, -0.2) is 4.79 Å². The average Bonchev–Trinajstić information content (AvgIpc) is 2.98. The van der Waals surface area contributed by atoms with Gasteiger partial charge in [0.15, 0.2) is 6.61 Å². The second-order valence-corrected chi connectivity index (χ2v) is 7.59. The fourth-order valence-corrected chi connectivity index (χ4v) is 4.07. The number of Topliss-reactive ketones (excluding diaryl/α,β-unsaturated/α-hetero) is 1. The van der Waals surface area contributed by atoms with Crippen LogP contribution in [0.2, 0.25) is 0 Å². The molecule has 1 aromatic rings. The summed E-state index contributed by atoms with van der Waals surface area (Å²) in [7, 11) is 2.91. The molecule has 1 N–H and O–H groups in total. The van der Waals surface area contributed by atoms with Crippen LogP contribution in [0.25, 0.3) is 0 Å². The summed E-state index contributed by atoms with van der Waals surface area (Å²) >= 11 is 0. The minimum absolute atomic E-state index is 0.00663. The maximum Gasteiger partial charge on any atom is 0.326 e. The Morgan fingerprint density at radius 1 is 1.20 bits per heavy atom. The number of ether oxygens (including phenoxy) is 3. The van der Waals surface area contributed by atoms with E-state index in [9.17, 15) is 19.2 Å². The van der Waals surface area contributed by atoms with Crippen molar-refractivity contribution in [2.75, 3.05) is 27.4 Å². The molecule has 9 nitrogen and oxygen atoms in total. The normalized spacial score (nSPS) is 23.3. The smallest absolute Gasteiger partial charge is 0.326 e. The van der Waals surface area contributed by atoms with Gasteiger partial charge in [-0.15, -0.1) is 0 Å². The number of benzene rings is 1. The van der Waals surface area contributed by atoms with Gasteiger partial charge in [-0.1, -0.05) is 19.8 Å². The third-order valence-electron chi connectivity index (χ3n) is 5.86. The number of urea groups is 1. The highest BCUT2D eigenvalue weighted by Gasteiger charge is 2.55. The number of imide groups is 1. The topological polar surface area (TPSA) is 111 Å². The fraction of sp³-hybridized carbons (Fsp3) is 0.524. The second-order valence-electron chi connectivity index (χ2n) is 7.59. The summed E-state index contributed by atoms with van der Waals surface area (Å²) in [6, 6.07) is 4.05. The van der Waals surface area contributed by atoms with E-state index in [0.717, 1.165) is 24.2 Å². The highest BCUT2D eigenvalue weighted by atomic mass is 16.5. The van der Waals surface area contributed by atoms with Gasteiger partial charge in [-0.2, -0.15) is 0 Å². The van der Waals surface area contributed by atoms with Crippen molar-refractivity contribution >= 4 is 23.7 Å². The molecule has 2 aliphatic rings. The monoisotopic (exact) mass is 418 g/mol. The first-order chi connectivity index (χ1) is 14.3. The molecule has 2 atom stereocenters. The molecule has 0 aromatic heterocycles. The fourth-order valence-electron chi connectivity index (χ4n) is 4.07. The van der Waals surface area contributed by atoms with Gasteiger partial charge in [-0.3, -0.25) is 19.3 Å². The third-order valence-corrected chi connectivity index (χ3v) is 5.86. The zero-order valence-electron chi connectivity index (χ0n) is 17.4. The molecule has 1 spiro atoms. The third kappa shape index (κ3) is 3.96. The van der Waals surface area contributed by atoms with Crippen LogP contribution < -0.4 is 14.8 Å². The Labute approximate surface area is 174 Å². The molecule has 1 saturated carbocycles. The van der Waals surface area contributed by atoms with Gasteiger partial charge in [0.2, 0.25) is 5.78 Å². The molecular formula is C21H26N2O7. The van der Waals surface area contributed by atoms with Crippen LogP contribution in [0.3, 0.4) is 0 Å². The molecule has 0 radical (unpaired) electrons. The van der Waals surface area contributed by atoms with E-state index in [-0.39, 0.29) is 17.2 Å². The number of nitrogens with one attached hydrogen (secondary N) is 1. The number of methoxy groups -OCH3 is 2. The summed E-state index contributed by atoms with van der Waals surface area (Å²) in [5.41, 5.74) is -0.710. The lowest BCUT2D eigenvalue weighted by Gasteiger charge is -2.36. The molecule has 1 saturated heterocycles. The van der Waals surface area contributed by atoms with E-state index >= 15 is 0 Å². The van der Waals surface area contributed by atoms with Crippen molar-refractivity contribution in [2.24, 2.45) is 5.92 Å². The van der Waals surface area contributed by atoms with E-state index in [0.29, 0.717) is 12.2 Å². The first-order valence-electron chi connectivity index (χ1n) is 9.87. The molecule has 3 rings (SSSR count). The van der Waals surface area contributed by atoms with Crippen LogP contribution in [0, 0.1) is 5.92 Å². The van der Waals surface area contributed by atoms with Crippen LogP contribution in [0.5, 0.6) is 11.5 Å². The largest absolute Gasteiger partial charge is 0.497 e. The number of hydrogen-bond donors (Lipinski definition) is 1. The number of ketones is 1. The molecule has 3 amide bonds. The Balaban J connectivity index is 1.60. The van der Waals surface area contributed by atoms with Gasteiger partial charge in [-0.05, 0) is 30.9 Å². The summed E-state index contributed by atoms with van der Waals surface area (Å²) in [6.07, 6.45) is 3.24. The molecule has 2 fully saturated rings. The van der Waals surface area contributed by atoms with Crippen molar-refractivity contribution in [3.63, 3.8) is 0 Å². The van der Waals surface area contributed by atoms with E-state index < -0.39 is 42.4 Å². The molecule has 1 aromatic carbocycles. The van der Waals surface area contributed by atoms with Crippen LogP contribution in [-0.4, -0.2) is 61.5 Å². The number of amides is 3. The Morgan fingerprint density at radius 2 is 1.97 bits per heavy atom. The standard InChI is InChI=1S/C21H26N2O7/c1-13-6-4-5-9-21(13)19(26)23(20(27)22-21)11-18(25)30-12-16(24)15-8-7-14(28-2)10-17(15)29-3/h7-8,10,13H,4-6,9,11-12H2,1-3H3,(H,22,27)/t13-,21+/m1/s1. The molecule has 0 unspecified atom stereocenters. The number of rotatable bonds is 7. The predicted molar refractivity (Wildman–Crippen MR) is 105 cm³/mol. The lowest BCUT2D eigenvalue weighted by molar-refractivity contribution is -0.147. The van der Waals surface area contributed by atoms with E-state index in [1.807, 2.05) is 6.92 Å². The van der Waals surface area contributed by atoms with Crippen molar-refractivity contribution in [1.29, 1.82) is 0 Å². The van der Waals surface area contributed by atoms with Crippen molar-refractivity contribution < 1.29 is 33.4 Å². The zero-order valence-corrected chi connectivity index (χ0v) is 17.4. The highest BCUT2D eigenvalue weighted by molar-refractivity contribution is 6.09. The van der Waals surface area contributed by atoms with Crippen LogP contribution in [-0.2, 0) is 14.3 Å². The van der Waals surface area contributed by atoms with E-state index in [1.54, 1.807) is 12.1 Å². The number of nitrogens with zero attached hydrogens (tertiary/aromatic N) is 1. The lowest BCUT2D eigenvalue weighted by Crippen LogP contribution is -2.54. The Bertz CT molecular complexity index is 869. The first-order valence-corrected chi connectivity index (χ1v) is 9.87. The van der Waals surface area contributed by atoms with Gasteiger partial charge in [0, 0.05) is 6.07 Å². The number of carbonyl (C=O) groups excluding carboxylic acids is 4. The summed E-state index contributed by atoms with van der Waals surface area (Å²) in [5, 5.41) is 2.78. The van der Waals surface area contributed by atoms with Crippen molar-refractivity contribution in [3.05, 3.63) is 23.8 Å². The van der Waals surface area contributed by atoms with Gasteiger partial charge in [0.1, 0.15) is 23.6 Å². The summed E-state index contributed by atoms with van der Waals surface area (Å²) in [6.45, 7) is 0.860. The molecule has 1 heterocycles. The van der Waals surface area contributed by atoms with Gasteiger partial charge < -0.3 is 19.5 Å². The number of esters is 1. The summed E-state index contributed by atoms with van der Waals surface area (Å²) in [4.78, 5) is 50.7. The Kier molecular flexibility index (Phi) is 6.28. The van der Waals surface area contributed by atoms with Crippen molar-refractivity contribution in [2.45, 2.75) is 38.1 Å². The minimum atomic E-state index is -0.943. The van der Waals surface area contributed by atoms with Crippen LogP contribution in [0.1, 0.15) is 43.0 Å². The zero-order chi connectivity index (χ0) is 21.9. The maximum atomic E-state index is 12.9. The number of hydrogen-bond acceptors (Lipinski definition) is 7. The SMILES string of the molecule is COc1ccc(C(=O)COC(=O)CN2C(=O)N[C@]3(CCCC[C@H]3C)C2=O)c(OC)c1. The quantitative estimate of drug-likeness (QED) is 0.409. The first kappa shape index (κ1) is 21.6. The highest BCUT2D eigenvalue weighted by Crippen LogP contribution is 2.38. The second kappa shape index (κ2) is 8.73. The van der Waals surface area contributed by atoms with Gasteiger partial charge >= 0.3 is 12.0 Å². The molecule has 9 heteroatoms. The number of carbonyl (C=O) groups is 4. The van der Waals surface area contributed by atoms with Crippen LogP contribution in [0.15, 0.2) is 18.2 Å². The van der Waals surface area contributed by atoms with Crippen LogP contribution >= 0.6 is 0 Å². The van der Waals surface area contributed by atoms with E-state index in [4.69, 9.17) is 14.2 Å². The summed E-state index contributed by atoms with van der Waals surface area (Å²) < 4.78 is 15.3. The molecule has 1 aliphatic carbocycles. The van der Waals surface area contributed by atoms with Crippen molar-refractivity contribution in [1.82, 2.24) is 10.2 Å². The average molecular weight is 418 g/mol. The molecule has 162 valence electrons. The van der Waals surface area contributed by atoms with E-state index in [1.165, 1.54) is 20.3 Å². The minimum Gasteiger partial charge on any atom is -0.497 e. The maximum absolute atomic E-state index is 12.9. The van der Waals surface area contributed by atoms with Gasteiger partial charge in [0.05, 0.1) is 19.8 Å². The molecule has 30 heavy (non-hydrogen) atoms. The molecular weight excluding hydrogens is 392 g/mol. The summed E-state index contributed by atoms with van der Waals surface area (Å²) in [5.74, 6) is -0.910. The van der Waals surface area contributed by atoms with Crippen LogP contribution in [0.4, 0.5) is 4.79 Å². The molecule has 0 bridgehead atoms. The Morgan fingerprint density at radius 3 is 2.63 bits per heavy atom. The van der Waals surface area contributed by atoms with Crippen molar-refractivity contribution in [3.8, 4) is 11.5 Å². The van der Waals surface area contributed by atoms with E-state index in [2.05, 4.69) is 5.32 Å². The lowest BCUT2D eigenvalue weighted by atomic mass is 9.73. The Hall–Kier alpha value is -3.10. The van der Waals surface area contributed by atoms with Gasteiger partial charge in [0.25, 0.3) is 5.91 Å². The predicted octanol–water partition coefficient (Wildman–Crippen LogP) is 1.93.